The van der Waals surface area contributed by atoms with Crippen LogP contribution in [0.3, 0.4) is 0 Å². The van der Waals surface area contributed by atoms with E-state index in [-0.39, 0.29) is 32.5 Å². The average Bonchev–Trinajstić information content (AvgIpc) is 3.25. The molecule has 8 heteroatoms. The van der Waals surface area contributed by atoms with Gasteiger partial charge in [0.25, 0.3) is 0 Å². The molecule has 192 valence electrons. The van der Waals surface area contributed by atoms with Crippen molar-refractivity contribution in [3.8, 4) is 0 Å². The Morgan fingerprint density at radius 3 is 2.20 bits per heavy atom. The minimum atomic E-state index is -3.43. The highest BCUT2D eigenvalue weighted by Gasteiger charge is 2.41. The van der Waals surface area contributed by atoms with Crippen molar-refractivity contribution < 1.29 is 18.0 Å². The number of ketones is 2. The summed E-state index contributed by atoms with van der Waals surface area (Å²) in [6.07, 6.45) is 8.73. The first-order chi connectivity index (χ1) is 16.2. The van der Waals surface area contributed by atoms with Crippen LogP contribution < -0.4 is 0 Å². The summed E-state index contributed by atoms with van der Waals surface area (Å²) in [4.78, 5) is 28.5. The first-order valence-corrected chi connectivity index (χ1v) is 17.0. The molecule has 0 fully saturated rings. The van der Waals surface area contributed by atoms with Crippen LogP contribution in [0, 0.1) is 10.8 Å². The lowest BCUT2D eigenvalue weighted by atomic mass is 9.69. The maximum Gasteiger partial charge on any atom is 0.185 e. The van der Waals surface area contributed by atoms with Crippen molar-refractivity contribution in [1.29, 1.82) is 0 Å². The molecule has 0 aliphatic heterocycles. The monoisotopic (exact) mass is 552 g/mol. The topological polar surface area (TPSA) is 68.3 Å². The first-order valence-electron chi connectivity index (χ1n) is 12.3. The summed E-state index contributed by atoms with van der Waals surface area (Å²) in [7, 11) is -3.43. The van der Waals surface area contributed by atoms with Crippen molar-refractivity contribution in [2.45, 2.75) is 93.9 Å². The van der Waals surface area contributed by atoms with Crippen LogP contribution >= 0.6 is 34.4 Å². The van der Waals surface area contributed by atoms with Gasteiger partial charge in [0.15, 0.2) is 21.4 Å². The van der Waals surface area contributed by atoms with Gasteiger partial charge in [-0.05, 0) is 66.2 Å². The van der Waals surface area contributed by atoms with Crippen molar-refractivity contribution in [3.63, 3.8) is 0 Å². The number of sulfone groups is 1. The number of aryl methyl sites for hydroxylation is 1. The third kappa shape index (κ3) is 5.23. The second-order valence-corrected chi connectivity index (χ2v) is 17.2. The molecule has 35 heavy (non-hydrogen) atoms. The normalized spacial score (nSPS) is 21.9. The standard InChI is InChI=1S/C27H36O4S4/c1-15(2)23-17-12-27(5,14-19(29)22(17)25(34-23)35(7,30)31)10-8-9-20-16-11-26(3,4)13-18(28)21(16)24(32-6)33-20/h15H,8-14H2,1-7H3. The fourth-order valence-corrected chi connectivity index (χ4v) is 10.6. The molecular formula is C27H36O4S4. The van der Waals surface area contributed by atoms with Crippen molar-refractivity contribution in [3.05, 3.63) is 32.0 Å². The zero-order valence-corrected chi connectivity index (χ0v) is 25.1. The van der Waals surface area contributed by atoms with Crippen LogP contribution in [0.1, 0.15) is 108 Å². The predicted molar refractivity (Wildman–Crippen MR) is 148 cm³/mol. The molecule has 0 saturated heterocycles. The van der Waals surface area contributed by atoms with Crippen LogP contribution in [0.4, 0.5) is 0 Å². The maximum absolute atomic E-state index is 13.3. The maximum atomic E-state index is 13.3. The van der Waals surface area contributed by atoms with Crippen LogP contribution in [0.15, 0.2) is 8.42 Å². The van der Waals surface area contributed by atoms with E-state index in [2.05, 4.69) is 34.6 Å². The van der Waals surface area contributed by atoms with Crippen LogP contribution in [-0.2, 0) is 29.1 Å². The second kappa shape index (κ2) is 9.41. The molecule has 4 nitrogen and oxygen atoms in total. The molecule has 1 atom stereocenters. The van der Waals surface area contributed by atoms with E-state index in [4.69, 9.17) is 0 Å². The number of carbonyl (C=O) groups is 2. The molecular weight excluding hydrogens is 517 g/mol. The highest BCUT2D eigenvalue weighted by molar-refractivity contribution is 8.00. The molecule has 2 aliphatic rings. The first kappa shape index (κ1) is 27.1. The molecule has 2 aromatic heterocycles. The lowest BCUT2D eigenvalue weighted by Gasteiger charge is -2.34. The van der Waals surface area contributed by atoms with Gasteiger partial charge in [0, 0.05) is 34.4 Å². The SMILES string of the molecule is CSc1sc(CCCC2(C)CC(=O)c3c(S(C)(=O)=O)sc(C(C)C)c3C2)c2c1C(=O)CC(C)(C)C2. The molecule has 2 aliphatic carbocycles. The Labute approximate surface area is 222 Å². The number of fused-ring (bicyclic) bond motifs is 2. The molecule has 1 unspecified atom stereocenters. The molecule has 4 rings (SSSR count). The molecule has 0 saturated carbocycles. The Morgan fingerprint density at radius 1 is 0.943 bits per heavy atom. The van der Waals surface area contributed by atoms with Gasteiger partial charge in [-0.3, -0.25) is 9.59 Å². The largest absolute Gasteiger partial charge is 0.294 e. The van der Waals surface area contributed by atoms with Gasteiger partial charge >= 0.3 is 0 Å². The summed E-state index contributed by atoms with van der Waals surface area (Å²) in [5.41, 5.74) is 3.47. The quantitative estimate of drug-likeness (QED) is 0.335. The Morgan fingerprint density at radius 2 is 1.60 bits per heavy atom. The Kier molecular flexibility index (Phi) is 7.28. The van der Waals surface area contributed by atoms with Crippen LogP contribution in [-0.4, -0.2) is 32.5 Å². The van der Waals surface area contributed by atoms with Gasteiger partial charge in [0.2, 0.25) is 0 Å². The van der Waals surface area contributed by atoms with E-state index < -0.39 is 9.84 Å². The number of Topliss-reactive ketones (excluding diaryl/α,β-unsaturated/α-hetero) is 2. The van der Waals surface area contributed by atoms with Gasteiger partial charge in [-0.2, -0.15) is 0 Å². The molecule has 0 N–H and O–H groups in total. The Bertz CT molecular complexity index is 1290. The molecule has 0 spiro atoms. The lowest BCUT2D eigenvalue weighted by Crippen LogP contribution is -2.30. The van der Waals surface area contributed by atoms with Crippen LogP contribution in [0.25, 0.3) is 0 Å². The summed E-state index contributed by atoms with van der Waals surface area (Å²) >= 11 is 4.75. The summed E-state index contributed by atoms with van der Waals surface area (Å²) in [6, 6.07) is 0. The minimum absolute atomic E-state index is 0.00271. The van der Waals surface area contributed by atoms with Gasteiger partial charge in [0.1, 0.15) is 4.21 Å². The van der Waals surface area contributed by atoms with Gasteiger partial charge in [0.05, 0.1) is 9.77 Å². The minimum Gasteiger partial charge on any atom is -0.294 e. The fourth-order valence-electron chi connectivity index (χ4n) is 5.83. The highest BCUT2D eigenvalue weighted by atomic mass is 32.2. The molecule has 0 amide bonds. The highest BCUT2D eigenvalue weighted by Crippen LogP contribution is 2.48. The van der Waals surface area contributed by atoms with E-state index in [0.29, 0.717) is 18.4 Å². The number of thiophene rings is 2. The third-order valence-corrected chi connectivity index (χ3v) is 13.1. The van der Waals surface area contributed by atoms with Crippen molar-refractivity contribution in [1.82, 2.24) is 0 Å². The zero-order chi connectivity index (χ0) is 25.9. The van der Waals surface area contributed by atoms with Crippen molar-refractivity contribution in [2.24, 2.45) is 10.8 Å². The Balaban J connectivity index is 1.57. The predicted octanol–water partition coefficient (Wildman–Crippen LogP) is 7.37. The number of hydrogen-bond donors (Lipinski definition) is 0. The van der Waals surface area contributed by atoms with Crippen molar-refractivity contribution >= 4 is 55.8 Å². The molecule has 2 aromatic rings. The molecule has 0 radical (unpaired) electrons. The van der Waals surface area contributed by atoms with E-state index in [1.54, 1.807) is 23.1 Å². The van der Waals surface area contributed by atoms with Gasteiger partial charge in [-0.25, -0.2) is 8.42 Å². The van der Waals surface area contributed by atoms with Crippen molar-refractivity contribution in [2.75, 3.05) is 12.5 Å². The number of hydrogen-bond acceptors (Lipinski definition) is 7. The average molecular weight is 553 g/mol. The van der Waals surface area contributed by atoms with E-state index >= 15 is 0 Å². The lowest BCUT2D eigenvalue weighted by molar-refractivity contribution is 0.0881. The zero-order valence-electron chi connectivity index (χ0n) is 21.8. The number of rotatable bonds is 7. The van der Waals surface area contributed by atoms with E-state index in [9.17, 15) is 18.0 Å². The van der Waals surface area contributed by atoms with E-state index in [1.165, 1.54) is 28.0 Å². The molecule has 0 bridgehead atoms. The molecule has 0 aromatic carbocycles. The number of thioether (sulfide) groups is 1. The summed E-state index contributed by atoms with van der Waals surface area (Å²) in [6.45, 7) is 10.7. The smallest absolute Gasteiger partial charge is 0.185 e. The van der Waals surface area contributed by atoms with Crippen LogP contribution in [0.5, 0.6) is 0 Å². The second-order valence-electron chi connectivity index (χ2n) is 11.8. The van der Waals surface area contributed by atoms with Gasteiger partial charge < -0.3 is 0 Å². The van der Waals surface area contributed by atoms with Crippen LogP contribution in [0.2, 0.25) is 0 Å². The van der Waals surface area contributed by atoms with E-state index in [0.717, 1.165) is 52.3 Å². The molecule has 2 heterocycles. The summed E-state index contributed by atoms with van der Waals surface area (Å²) in [5, 5.41) is 0. The Hall–Kier alpha value is -0.960. The number of carbonyl (C=O) groups excluding carboxylic acids is 2. The van der Waals surface area contributed by atoms with Gasteiger partial charge in [-0.15, -0.1) is 34.4 Å². The third-order valence-electron chi connectivity index (χ3n) is 7.34. The fraction of sp³-hybridized carbons (Fsp3) is 0.630. The summed E-state index contributed by atoms with van der Waals surface area (Å²) in [5.74, 6) is 0.437. The van der Waals surface area contributed by atoms with E-state index in [1.807, 2.05) is 6.26 Å². The van der Waals surface area contributed by atoms with Gasteiger partial charge in [-0.1, -0.05) is 34.6 Å². The summed E-state index contributed by atoms with van der Waals surface area (Å²) < 4.78 is 26.2.